The predicted octanol–water partition coefficient (Wildman–Crippen LogP) is 17.8. The minimum Gasteiger partial charge on any atom is -0.462 e. The molecule has 66 heavy (non-hydrogen) atoms. The summed E-state index contributed by atoms with van der Waals surface area (Å²) in [5.74, 6) is -0.494. The first-order valence-corrected chi connectivity index (χ1v) is 28.9. The zero-order chi connectivity index (χ0) is 48.1. The highest BCUT2D eigenvalue weighted by molar-refractivity contribution is 5.77. The van der Waals surface area contributed by atoms with Crippen molar-refractivity contribution < 1.29 is 24.5 Å². The number of esters is 1. The van der Waals surface area contributed by atoms with E-state index >= 15 is 0 Å². The molecule has 1 amide bonds. The first kappa shape index (κ1) is 63.8. The molecule has 0 rings (SSSR count). The minimum absolute atomic E-state index is 0.0630. The van der Waals surface area contributed by atoms with Crippen molar-refractivity contribution in [3.05, 3.63) is 48.6 Å². The summed E-state index contributed by atoms with van der Waals surface area (Å²) in [6.45, 7) is 6.39. The fourth-order valence-electron chi connectivity index (χ4n) is 8.79. The topological polar surface area (TPSA) is 95.9 Å². The van der Waals surface area contributed by atoms with Crippen molar-refractivity contribution in [3.8, 4) is 0 Å². The fourth-order valence-corrected chi connectivity index (χ4v) is 8.79. The Morgan fingerprint density at radius 3 is 1.27 bits per heavy atom. The molecule has 3 atom stereocenters. The van der Waals surface area contributed by atoms with E-state index in [0.717, 1.165) is 96.3 Å². The van der Waals surface area contributed by atoms with Crippen LogP contribution in [0.3, 0.4) is 0 Å². The summed E-state index contributed by atoms with van der Waals surface area (Å²) in [4.78, 5) is 26.3. The van der Waals surface area contributed by atoms with E-state index in [-0.39, 0.29) is 24.9 Å². The molecular weight excluding hydrogens is 815 g/mol. The van der Waals surface area contributed by atoms with Gasteiger partial charge < -0.3 is 20.3 Å². The van der Waals surface area contributed by atoms with Crippen LogP contribution in [0.4, 0.5) is 0 Å². The van der Waals surface area contributed by atoms with Gasteiger partial charge in [-0.15, -0.1) is 0 Å². The van der Waals surface area contributed by atoms with Gasteiger partial charge in [-0.25, -0.2) is 0 Å². The van der Waals surface area contributed by atoms with Crippen molar-refractivity contribution in [1.29, 1.82) is 0 Å². The summed E-state index contributed by atoms with van der Waals surface area (Å²) in [5.41, 5.74) is 0. The molecule has 386 valence electrons. The lowest BCUT2D eigenvalue weighted by Gasteiger charge is -2.24. The molecule has 0 aliphatic heterocycles. The molecule has 6 nitrogen and oxygen atoms in total. The zero-order valence-electron chi connectivity index (χ0n) is 44.1. The number of unbranched alkanes of at least 4 members (excludes halogenated alkanes) is 32. The number of rotatable bonds is 52. The SMILES string of the molecule is CC/C=C/C/C=C/C/C=C/CCCCCCCCC(=O)OC(CCCCC/C=C/CCCCCCCCC)CC(=O)NC(CO)C(O)CCCCCCCCCCCCCCCCCCC. The molecule has 3 unspecified atom stereocenters. The van der Waals surface area contributed by atoms with E-state index in [2.05, 4.69) is 74.7 Å². The third-order valence-electron chi connectivity index (χ3n) is 13.1. The lowest BCUT2D eigenvalue weighted by atomic mass is 10.0. The number of ether oxygens (including phenoxy) is 1. The Bertz CT molecular complexity index is 1130. The first-order chi connectivity index (χ1) is 32.5. The van der Waals surface area contributed by atoms with Gasteiger partial charge in [-0.1, -0.05) is 249 Å². The van der Waals surface area contributed by atoms with Gasteiger partial charge in [0.15, 0.2) is 0 Å². The number of aliphatic hydroxyl groups excluding tert-OH is 2. The van der Waals surface area contributed by atoms with Crippen molar-refractivity contribution in [2.24, 2.45) is 0 Å². The van der Waals surface area contributed by atoms with Gasteiger partial charge in [0, 0.05) is 6.42 Å². The van der Waals surface area contributed by atoms with Crippen LogP contribution in [0.25, 0.3) is 0 Å². The van der Waals surface area contributed by atoms with E-state index in [1.54, 1.807) is 0 Å². The molecule has 0 heterocycles. The van der Waals surface area contributed by atoms with Gasteiger partial charge in [0.2, 0.25) is 5.91 Å². The lowest BCUT2D eigenvalue weighted by Crippen LogP contribution is -2.46. The second-order valence-corrected chi connectivity index (χ2v) is 19.7. The van der Waals surface area contributed by atoms with Gasteiger partial charge in [-0.2, -0.15) is 0 Å². The van der Waals surface area contributed by atoms with Crippen LogP contribution in [0.5, 0.6) is 0 Å². The Balaban J connectivity index is 4.54. The van der Waals surface area contributed by atoms with Crippen LogP contribution in [0.15, 0.2) is 48.6 Å². The number of hydrogen-bond donors (Lipinski definition) is 3. The third-order valence-corrected chi connectivity index (χ3v) is 13.1. The highest BCUT2D eigenvalue weighted by Gasteiger charge is 2.24. The average Bonchev–Trinajstić information content (AvgIpc) is 3.31. The minimum atomic E-state index is -0.794. The second-order valence-electron chi connectivity index (χ2n) is 19.7. The van der Waals surface area contributed by atoms with Crippen LogP contribution in [0.1, 0.15) is 297 Å². The van der Waals surface area contributed by atoms with Gasteiger partial charge in [0.05, 0.1) is 25.2 Å². The monoisotopic (exact) mass is 926 g/mol. The summed E-state index contributed by atoms with van der Waals surface area (Å²) in [6.07, 6.45) is 66.0. The molecule has 0 saturated heterocycles. The Hall–Kier alpha value is -2.18. The smallest absolute Gasteiger partial charge is 0.306 e. The number of aliphatic hydroxyl groups is 2. The van der Waals surface area contributed by atoms with Crippen LogP contribution in [-0.2, 0) is 14.3 Å². The molecular formula is C60H111NO5. The molecule has 0 bridgehead atoms. The van der Waals surface area contributed by atoms with Crippen molar-refractivity contribution in [3.63, 3.8) is 0 Å². The number of carbonyl (C=O) groups is 2. The molecule has 0 aromatic heterocycles. The van der Waals surface area contributed by atoms with Crippen LogP contribution in [-0.4, -0.2) is 46.9 Å². The number of carbonyl (C=O) groups excluding carboxylic acids is 2. The normalized spacial score (nSPS) is 13.5. The fraction of sp³-hybridized carbons (Fsp3) is 0.833. The number of amides is 1. The van der Waals surface area contributed by atoms with E-state index in [9.17, 15) is 19.8 Å². The summed E-state index contributed by atoms with van der Waals surface area (Å²) < 4.78 is 5.95. The van der Waals surface area contributed by atoms with Gasteiger partial charge in [0.25, 0.3) is 0 Å². The van der Waals surface area contributed by atoms with Crippen molar-refractivity contribution in [1.82, 2.24) is 5.32 Å². The molecule has 3 N–H and O–H groups in total. The molecule has 0 saturated carbocycles. The standard InChI is InChI=1S/C60H111NO5/c1-4-7-10-13-16-19-22-25-28-30-31-34-37-40-43-46-49-52-58(63)57(55-62)61-59(64)54-56(51-48-45-42-39-36-33-27-24-21-18-15-12-9-6-3)66-60(65)53-50-47-44-41-38-35-32-29-26-23-20-17-14-11-8-5-2/h8,11,17,20,26,29,33,36,56-58,62-63H,4-7,9-10,12-16,18-19,21-25,27-28,30-32,34-35,37-55H2,1-3H3,(H,61,64)/b11-8+,20-17+,29-26+,36-33+. The third kappa shape index (κ3) is 48.3. The molecule has 6 heteroatoms. The summed E-state index contributed by atoms with van der Waals surface area (Å²) in [7, 11) is 0. The zero-order valence-corrected chi connectivity index (χ0v) is 44.1. The maximum Gasteiger partial charge on any atom is 0.306 e. The van der Waals surface area contributed by atoms with Crippen LogP contribution < -0.4 is 5.32 Å². The second kappa shape index (κ2) is 53.8. The Labute approximate surface area is 410 Å². The summed E-state index contributed by atoms with van der Waals surface area (Å²) in [6, 6.07) is -0.709. The Morgan fingerprint density at radius 2 is 0.818 bits per heavy atom. The van der Waals surface area contributed by atoms with Crippen LogP contribution in [0.2, 0.25) is 0 Å². The molecule has 0 radical (unpaired) electrons. The van der Waals surface area contributed by atoms with E-state index in [1.807, 2.05) is 0 Å². The first-order valence-electron chi connectivity index (χ1n) is 28.9. The van der Waals surface area contributed by atoms with Gasteiger partial charge in [0.1, 0.15) is 6.10 Å². The Morgan fingerprint density at radius 1 is 0.455 bits per heavy atom. The van der Waals surface area contributed by atoms with E-state index in [4.69, 9.17) is 4.74 Å². The largest absolute Gasteiger partial charge is 0.462 e. The average molecular weight is 927 g/mol. The molecule has 0 aliphatic rings. The van der Waals surface area contributed by atoms with Crippen molar-refractivity contribution >= 4 is 11.9 Å². The highest BCUT2D eigenvalue weighted by Crippen LogP contribution is 2.18. The summed E-state index contributed by atoms with van der Waals surface area (Å²) in [5, 5.41) is 23.9. The predicted molar refractivity (Wildman–Crippen MR) is 287 cm³/mol. The van der Waals surface area contributed by atoms with Crippen molar-refractivity contribution in [2.75, 3.05) is 6.61 Å². The quantitative estimate of drug-likeness (QED) is 0.0321. The lowest BCUT2D eigenvalue weighted by molar-refractivity contribution is -0.151. The maximum atomic E-state index is 13.3. The van der Waals surface area contributed by atoms with Crippen molar-refractivity contribution in [2.45, 2.75) is 315 Å². The highest BCUT2D eigenvalue weighted by atomic mass is 16.5. The van der Waals surface area contributed by atoms with E-state index < -0.39 is 18.2 Å². The van der Waals surface area contributed by atoms with Crippen LogP contribution in [0, 0.1) is 0 Å². The molecule has 0 aromatic rings. The molecule has 0 spiro atoms. The van der Waals surface area contributed by atoms with Gasteiger partial charge in [-0.3, -0.25) is 9.59 Å². The van der Waals surface area contributed by atoms with Gasteiger partial charge in [-0.05, 0) is 83.5 Å². The summed E-state index contributed by atoms with van der Waals surface area (Å²) >= 11 is 0. The number of allylic oxidation sites excluding steroid dienone is 8. The number of hydrogen-bond acceptors (Lipinski definition) is 5. The number of nitrogens with one attached hydrogen (secondary N) is 1. The maximum absolute atomic E-state index is 13.3. The van der Waals surface area contributed by atoms with E-state index in [1.165, 1.54) is 154 Å². The Kier molecular flexibility index (Phi) is 52.0. The van der Waals surface area contributed by atoms with E-state index in [0.29, 0.717) is 19.3 Å². The molecule has 0 aromatic carbocycles. The molecule has 0 aliphatic carbocycles. The molecule has 0 fully saturated rings. The van der Waals surface area contributed by atoms with Gasteiger partial charge >= 0.3 is 5.97 Å². The van der Waals surface area contributed by atoms with Crippen LogP contribution >= 0.6 is 0 Å².